The number of hydrogen-bond acceptors (Lipinski definition) is 4. The Morgan fingerprint density at radius 3 is 2.52 bits per heavy atom. The minimum absolute atomic E-state index is 0.139. The number of amides is 1. The van der Waals surface area contributed by atoms with Crippen LogP contribution < -0.4 is 10.3 Å². The summed E-state index contributed by atoms with van der Waals surface area (Å²) in [7, 11) is 0. The summed E-state index contributed by atoms with van der Waals surface area (Å²) in [5, 5.41) is 0. The second-order valence-electron chi connectivity index (χ2n) is 8.34. The molecule has 2 aromatic heterocycles. The van der Waals surface area contributed by atoms with E-state index in [9.17, 15) is 22.8 Å². The molecular weight excluding hydrogens is 437 g/mol. The summed E-state index contributed by atoms with van der Waals surface area (Å²) < 4.78 is 48.3. The lowest BCUT2D eigenvalue weighted by Crippen LogP contribution is -2.55. The van der Waals surface area contributed by atoms with E-state index < -0.39 is 17.8 Å². The number of aryl methyl sites for hydroxylation is 1. The van der Waals surface area contributed by atoms with Crippen LogP contribution in [0.25, 0.3) is 5.69 Å². The molecule has 7 nitrogen and oxygen atoms in total. The molecule has 1 saturated carbocycles. The zero-order valence-electron chi connectivity index (χ0n) is 17.7. The number of pyridine rings is 1. The van der Waals surface area contributed by atoms with E-state index in [2.05, 4.69) is 4.98 Å². The summed E-state index contributed by atoms with van der Waals surface area (Å²) in [4.78, 5) is 31.8. The average Bonchev–Trinajstić information content (AvgIpc) is 3.17. The van der Waals surface area contributed by atoms with Crippen molar-refractivity contribution in [3.05, 3.63) is 76.2 Å². The lowest BCUT2D eigenvalue weighted by atomic mass is 9.87. The molecule has 0 saturated heterocycles. The van der Waals surface area contributed by atoms with Crippen LogP contribution in [0.15, 0.2) is 53.7 Å². The van der Waals surface area contributed by atoms with Crippen molar-refractivity contribution in [1.29, 1.82) is 0 Å². The van der Waals surface area contributed by atoms with Crippen LogP contribution in [0.1, 0.15) is 34.6 Å². The predicted octanol–water partition coefficient (Wildman–Crippen LogP) is 3.43. The van der Waals surface area contributed by atoms with Crippen LogP contribution in [0.5, 0.6) is 5.75 Å². The molecular formula is C23H21F3N4O3. The van der Waals surface area contributed by atoms with E-state index in [1.54, 1.807) is 34.1 Å². The second kappa shape index (κ2) is 7.79. The maximum Gasteiger partial charge on any atom is 0.419 e. The third-order valence-electron chi connectivity index (χ3n) is 6.19. The van der Waals surface area contributed by atoms with E-state index >= 15 is 0 Å². The SMILES string of the molecule is Cc1cn(-c2ccc3n(c2=O)CCN(C2CC(Oc4ccccc4C(F)(F)F)C2)C3=O)cn1. The summed E-state index contributed by atoms with van der Waals surface area (Å²) >= 11 is 0. The summed E-state index contributed by atoms with van der Waals surface area (Å²) in [5.74, 6) is -0.455. The van der Waals surface area contributed by atoms with Crippen LogP contribution in [0.2, 0.25) is 0 Å². The first-order valence-corrected chi connectivity index (χ1v) is 10.6. The molecule has 5 rings (SSSR count). The van der Waals surface area contributed by atoms with Gasteiger partial charge in [0.05, 0.1) is 17.6 Å². The van der Waals surface area contributed by atoms with Crippen molar-refractivity contribution in [2.24, 2.45) is 0 Å². The zero-order valence-corrected chi connectivity index (χ0v) is 17.7. The number of alkyl halides is 3. The molecule has 0 atom stereocenters. The summed E-state index contributed by atoms with van der Waals surface area (Å²) in [5.41, 5.74) is 0.426. The molecule has 0 radical (unpaired) electrons. The number of imidazole rings is 1. The van der Waals surface area contributed by atoms with Gasteiger partial charge >= 0.3 is 6.18 Å². The lowest BCUT2D eigenvalue weighted by Gasteiger charge is -2.44. The number of benzene rings is 1. The molecule has 172 valence electrons. The highest BCUT2D eigenvalue weighted by Crippen LogP contribution is 2.39. The van der Waals surface area contributed by atoms with Gasteiger partial charge in [-0.15, -0.1) is 0 Å². The monoisotopic (exact) mass is 458 g/mol. The lowest BCUT2D eigenvalue weighted by molar-refractivity contribution is -0.139. The highest BCUT2D eigenvalue weighted by Gasteiger charge is 2.41. The third-order valence-corrected chi connectivity index (χ3v) is 6.19. The Bertz CT molecular complexity index is 1270. The fourth-order valence-corrected chi connectivity index (χ4v) is 4.40. The number of carbonyl (C=O) groups excluding carboxylic acids is 1. The molecule has 10 heteroatoms. The first kappa shape index (κ1) is 21.3. The molecule has 3 heterocycles. The van der Waals surface area contributed by atoms with Crippen LogP contribution in [-0.4, -0.2) is 43.6 Å². The second-order valence-corrected chi connectivity index (χ2v) is 8.34. The van der Waals surface area contributed by atoms with Gasteiger partial charge in [-0.2, -0.15) is 13.2 Å². The maximum atomic E-state index is 13.2. The minimum atomic E-state index is -4.49. The van der Waals surface area contributed by atoms with Gasteiger partial charge in [-0.25, -0.2) is 4.98 Å². The number of carbonyl (C=O) groups is 1. The molecule has 0 bridgehead atoms. The van der Waals surface area contributed by atoms with E-state index in [0.29, 0.717) is 37.3 Å². The van der Waals surface area contributed by atoms with E-state index in [4.69, 9.17) is 4.74 Å². The minimum Gasteiger partial charge on any atom is -0.490 e. The number of rotatable bonds is 4. The molecule has 1 amide bonds. The van der Waals surface area contributed by atoms with Crippen molar-refractivity contribution < 1.29 is 22.7 Å². The van der Waals surface area contributed by atoms with Gasteiger partial charge in [0.15, 0.2) is 0 Å². The predicted molar refractivity (Wildman–Crippen MR) is 112 cm³/mol. The highest BCUT2D eigenvalue weighted by molar-refractivity contribution is 5.93. The number of ether oxygens (including phenoxy) is 1. The molecule has 1 aromatic carbocycles. The van der Waals surface area contributed by atoms with Crippen LogP contribution in [-0.2, 0) is 12.7 Å². The molecule has 0 unspecified atom stereocenters. The zero-order chi connectivity index (χ0) is 23.3. The highest BCUT2D eigenvalue weighted by atomic mass is 19.4. The van der Waals surface area contributed by atoms with E-state index in [1.807, 2.05) is 6.92 Å². The smallest absolute Gasteiger partial charge is 0.419 e. The van der Waals surface area contributed by atoms with Crippen LogP contribution in [0, 0.1) is 6.92 Å². The van der Waals surface area contributed by atoms with E-state index in [1.165, 1.54) is 22.8 Å². The van der Waals surface area contributed by atoms with Gasteiger partial charge in [0.1, 0.15) is 23.2 Å². The molecule has 0 N–H and O–H groups in total. The van der Waals surface area contributed by atoms with Crippen molar-refractivity contribution in [2.75, 3.05) is 6.54 Å². The first-order valence-electron chi connectivity index (χ1n) is 10.6. The molecule has 33 heavy (non-hydrogen) atoms. The van der Waals surface area contributed by atoms with Crippen LogP contribution >= 0.6 is 0 Å². The van der Waals surface area contributed by atoms with Crippen molar-refractivity contribution >= 4 is 5.91 Å². The van der Waals surface area contributed by atoms with E-state index in [0.717, 1.165) is 11.8 Å². The van der Waals surface area contributed by atoms with Crippen molar-refractivity contribution in [2.45, 2.75) is 44.6 Å². The Labute approximate surface area is 187 Å². The molecule has 3 aromatic rings. The molecule has 0 spiro atoms. The van der Waals surface area contributed by atoms with E-state index in [-0.39, 0.29) is 23.3 Å². The normalized spacial score (nSPS) is 20.4. The Hall–Kier alpha value is -3.56. The Morgan fingerprint density at radius 2 is 1.82 bits per heavy atom. The molecule has 2 aliphatic rings. The number of halogens is 3. The molecule has 1 fully saturated rings. The van der Waals surface area contributed by atoms with Gasteiger partial charge in [0.25, 0.3) is 11.5 Å². The molecule has 1 aliphatic heterocycles. The van der Waals surface area contributed by atoms with Gasteiger partial charge in [-0.3, -0.25) is 9.59 Å². The van der Waals surface area contributed by atoms with Gasteiger partial charge in [0.2, 0.25) is 0 Å². The average molecular weight is 458 g/mol. The van der Waals surface area contributed by atoms with Gasteiger partial charge < -0.3 is 18.8 Å². The molecule has 1 aliphatic carbocycles. The van der Waals surface area contributed by atoms with Gasteiger partial charge in [-0.1, -0.05) is 12.1 Å². The summed E-state index contributed by atoms with van der Waals surface area (Å²) in [6, 6.07) is 8.23. The summed E-state index contributed by atoms with van der Waals surface area (Å²) in [6.45, 7) is 2.53. The number of para-hydroxylation sites is 1. The summed E-state index contributed by atoms with van der Waals surface area (Å²) in [6.07, 6.45) is -0.716. The Kier molecular flexibility index (Phi) is 5.02. The van der Waals surface area contributed by atoms with Crippen molar-refractivity contribution in [1.82, 2.24) is 19.0 Å². The Morgan fingerprint density at radius 1 is 1.06 bits per heavy atom. The standard InChI is InChI=1S/C23H21F3N4O3/c1-14-12-28(13-27-14)18-6-7-19-22(32)29(8-9-30(19)21(18)31)15-10-16(11-15)33-20-5-3-2-4-17(20)23(24,25)26/h2-7,12-13,15-16H,8-11H2,1H3. The van der Waals surface area contributed by atoms with Crippen LogP contribution in [0.4, 0.5) is 13.2 Å². The number of hydrogen-bond donors (Lipinski definition) is 0. The Balaban J connectivity index is 1.28. The van der Waals surface area contributed by atoms with Crippen molar-refractivity contribution in [3.63, 3.8) is 0 Å². The topological polar surface area (TPSA) is 69.4 Å². The van der Waals surface area contributed by atoms with Gasteiger partial charge in [0, 0.05) is 38.2 Å². The maximum absolute atomic E-state index is 13.2. The van der Waals surface area contributed by atoms with Crippen LogP contribution in [0.3, 0.4) is 0 Å². The third kappa shape index (κ3) is 3.79. The number of nitrogens with zero attached hydrogens (tertiary/aromatic N) is 4. The number of aromatic nitrogens is 3. The fourth-order valence-electron chi connectivity index (χ4n) is 4.40. The fraction of sp³-hybridized carbons (Fsp3) is 0.348. The largest absolute Gasteiger partial charge is 0.490 e. The van der Waals surface area contributed by atoms with Gasteiger partial charge in [-0.05, 0) is 31.2 Å². The quantitative estimate of drug-likeness (QED) is 0.601. The van der Waals surface area contributed by atoms with Crippen molar-refractivity contribution in [3.8, 4) is 11.4 Å². The first-order chi connectivity index (χ1) is 15.7. The number of fused-ring (bicyclic) bond motifs is 1.